The van der Waals surface area contributed by atoms with Crippen LogP contribution in [-0.4, -0.2) is 54.9 Å². The number of anilines is 2. The fraction of sp³-hybridized carbons (Fsp3) is 0.333. The van der Waals surface area contributed by atoms with Crippen molar-refractivity contribution < 1.29 is 10.2 Å². The molecule has 136 valence electrons. The highest BCUT2D eigenvalue weighted by atomic mass is 16.3. The van der Waals surface area contributed by atoms with Crippen LogP contribution in [0.5, 0.6) is 5.75 Å². The summed E-state index contributed by atoms with van der Waals surface area (Å²) < 4.78 is 1.78. The van der Waals surface area contributed by atoms with Crippen LogP contribution in [0.2, 0.25) is 0 Å². The van der Waals surface area contributed by atoms with Crippen molar-refractivity contribution in [1.82, 2.24) is 19.5 Å². The number of aliphatic hydroxyl groups is 1. The summed E-state index contributed by atoms with van der Waals surface area (Å²) in [6, 6.07) is 8.76. The molecular weight excluding hydrogens is 332 g/mol. The third-order valence-electron chi connectivity index (χ3n) is 4.76. The number of piperidine rings is 1. The number of benzene rings is 1. The summed E-state index contributed by atoms with van der Waals surface area (Å²) in [6.45, 7) is 2.09. The Morgan fingerprint density at radius 2 is 2.19 bits per heavy atom. The predicted molar refractivity (Wildman–Crippen MR) is 98.3 cm³/mol. The van der Waals surface area contributed by atoms with Gasteiger partial charge in [-0.15, -0.1) is 0 Å². The fourth-order valence-electron chi connectivity index (χ4n) is 3.36. The van der Waals surface area contributed by atoms with Gasteiger partial charge in [-0.3, -0.25) is 4.90 Å². The van der Waals surface area contributed by atoms with Crippen molar-refractivity contribution in [3.05, 3.63) is 48.4 Å². The summed E-state index contributed by atoms with van der Waals surface area (Å²) in [7, 11) is 0. The summed E-state index contributed by atoms with van der Waals surface area (Å²) in [5.41, 5.74) is 8.58. The zero-order valence-corrected chi connectivity index (χ0v) is 14.3. The van der Waals surface area contributed by atoms with Crippen LogP contribution >= 0.6 is 0 Å². The quantitative estimate of drug-likeness (QED) is 0.554. The van der Waals surface area contributed by atoms with Gasteiger partial charge in [0.2, 0.25) is 0 Å². The van der Waals surface area contributed by atoms with Gasteiger partial charge in [-0.2, -0.15) is 5.10 Å². The fourth-order valence-corrected chi connectivity index (χ4v) is 3.36. The molecule has 1 aliphatic heterocycles. The van der Waals surface area contributed by atoms with Crippen molar-refractivity contribution in [3.8, 4) is 5.75 Å². The Labute approximate surface area is 150 Å². The van der Waals surface area contributed by atoms with E-state index in [1.807, 2.05) is 18.3 Å². The number of fused-ring (bicyclic) bond motifs is 1. The van der Waals surface area contributed by atoms with E-state index in [1.54, 1.807) is 22.7 Å². The van der Waals surface area contributed by atoms with Crippen molar-refractivity contribution in [2.45, 2.75) is 25.1 Å². The van der Waals surface area contributed by atoms with Crippen LogP contribution in [-0.2, 0) is 6.54 Å². The van der Waals surface area contributed by atoms with Gasteiger partial charge in [0.25, 0.3) is 0 Å². The molecular formula is C18H22N6O2. The maximum atomic E-state index is 10.0. The highest BCUT2D eigenvalue weighted by Crippen LogP contribution is 2.26. The van der Waals surface area contributed by atoms with E-state index in [0.717, 1.165) is 29.7 Å². The molecule has 0 amide bonds. The molecule has 3 heterocycles. The van der Waals surface area contributed by atoms with Gasteiger partial charge in [-0.25, -0.2) is 9.50 Å². The van der Waals surface area contributed by atoms with Gasteiger partial charge in [0.1, 0.15) is 17.6 Å². The number of nitrogens with two attached hydrogens (primary N) is 1. The van der Waals surface area contributed by atoms with Crippen molar-refractivity contribution >= 4 is 17.0 Å². The van der Waals surface area contributed by atoms with Crippen LogP contribution in [0.25, 0.3) is 5.52 Å². The number of likely N-dealkylation sites (tertiary alicyclic amines) is 1. The molecule has 1 saturated heterocycles. The first kappa shape index (κ1) is 16.8. The molecule has 8 heteroatoms. The molecule has 0 saturated carbocycles. The SMILES string of the molecule is N[C@@H]1CCN(Cc2ccn3ncnc(Nc4cccc(O)c4)c23)C[C@H]1O. The molecule has 1 aromatic carbocycles. The second kappa shape index (κ2) is 6.91. The lowest BCUT2D eigenvalue weighted by molar-refractivity contribution is 0.0501. The van der Waals surface area contributed by atoms with Gasteiger partial charge >= 0.3 is 0 Å². The number of hydrogen-bond acceptors (Lipinski definition) is 7. The Morgan fingerprint density at radius 3 is 3.00 bits per heavy atom. The average molecular weight is 354 g/mol. The van der Waals surface area contributed by atoms with Crippen LogP contribution in [0.15, 0.2) is 42.9 Å². The molecule has 0 radical (unpaired) electrons. The topological polar surface area (TPSA) is 112 Å². The van der Waals surface area contributed by atoms with Gasteiger partial charge in [-0.1, -0.05) is 6.07 Å². The zero-order valence-electron chi connectivity index (χ0n) is 14.3. The number of hydrogen-bond donors (Lipinski definition) is 4. The first-order valence-corrected chi connectivity index (χ1v) is 8.63. The lowest BCUT2D eigenvalue weighted by atomic mass is 10.0. The van der Waals surface area contributed by atoms with Gasteiger partial charge in [0, 0.05) is 43.6 Å². The average Bonchev–Trinajstić information content (AvgIpc) is 3.02. The highest BCUT2D eigenvalue weighted by molar-refractivity contribution is 5.76. The van der Waals surface area contributed by atoms with Gasteiger partial charge in [0.15, 0.2) is 5.82 Å². The van der Waals surface area contributed by atoms with Crippen LogP contribution in [0.3, 0.4) is 0 Å². The van der Waals surface area contributed by atoms with Crippen molar-refractivity contribution in [3.63, 3.8) is 0 Å². The largest absolute Gasteiger partial charge is 0.508 e. The molecule has 5 N–H and O–H groups in total. The molecule has 3 aromatic rings. The summed E-state index contributed by atoms with van der Waals surface area (Å²) in [4.78, 5) is 6.56. The van der Waals surface area contributed by atoms with E-state index in [1.165, 1.54) is 6.33 Å². The van der Waals surface area contributed by atoms with E-state index < -0.39 is 6.10 Å². The number of β-amino-alcohol motifs (C(OH)–C–C–N with tert-alkyl or cyclic N) is 1. The lowest BCUT2D eigenvalue weighted by Gasteiger charge is -2.33. The maximum absolute atomic E-state index is 10.0. The van der Waals surface area contributed by atoms with Gasteiger partial charge in [0.05, 0.1) is 6.10 Å². The van der Waals surface area contributed by atoms with Crippen LogP contribution in [0.1, 0.15) is 12.0 Å². The first-order valence-electron chi connectivity index (χ1n) is 8.63. The number of aromatic nitrogens is 3. The van der Waals surface area contributed by atoms with E-state index >= 15 is 0 Å². The number of aromatic hydroxyl groups is 1. The van der Waals surface area contributed by atoms with Gasteiger partial charge < -0.3 is 21.3 Å². The zero-order chi connectivity index (χ0) is 18.1. The Balaban J connectivity index is 1.62. The van der Waals surface area contributed by atoms with Crippen molar-refractivity contribution in [1.29, 1.82) is 0 Å². The van der Waals surface area contributed by atoms with Crippen molar-refractivity contribution in [2.75, 3.05) is 18.4 Å². The third-order valence-corrected chi connectivity index (χ3v) is 4.76. The van der Waals surface area contributed by atoms with Gasteiger partial charge in [-0.05, 0) is 30.2 Å². The Bertz CT molecular complexity index is 912. The molecule has 0 unspecified atom stereocenters. The standard InChI is InChI=1S/C18H22N6O2/c19-15-5-6-23(10-16(15)26)9-12-4-7-24-17(12)18(20-11-21-24)22-13-2-1-3-14(25)8-13/h1-4,7-8,11,15-16,25-26H,5-6,9-10,19H2,(H,20,21,22)/t15-,16-/m1/s1. The second-order valence-electron chi connectivity index (χ2n) is 6.67. The summed E-state index contributed by atoms with van der Waals surface area (Å²) >= 11 is 0. The van der Waals surface area contributed by atoms with E-state index in [9.17, 15) is 10.2 Å². The number of nitrogens with one attached hydrogen (secondary N) is 1. The van der Waals surface area contributed by atoms with Crippen molar-refractivity contribution in [2.24, 2.45) is 5.73 Å². The Morgan fingerprint density at radius 1 is 1.31 bits per heavy atom. The molecule has 26 heavy (non-hydrogen) atoms. The molecule has 0 aliphatic carbocycles. The number of phenolic OH excluding ortho intramolecular Hbond substituents is 1. The maximum Gasteiger partial charge on any atom is 0.158 e. The molecule has 1 fully saturated rings. The summed E-state index contributed by atoms with van der Waals surface area (Å²) in [6.07, 6.45) is 3.66. The molecule has 2 atom stereocenters. The molecule has 0 spiro atoms. The third kappa shape index (κ3) is 3.34. The summed E-state index contributed by atoms with van der Waals surface area (Å²) in [5.74, 6) is 0.856. The Kier molecular flexibility index (Phi) is 4.46. The number of rotatable bonds is 4. The van der Waals surface area contributed by atoms with Crippen LogP contribution in [0, 0.1) is 0 Å². The molecule has 1 aliphatic rings. The first-order chi connectivity index (χ1) is 12.6. The lowest BCUT2D eigenvalue weighted by Crippen LogP contribution is -2.50. The summed E-state index contributed by atoms with van der Waals surface area (Å²) in [5, 5.41) is 27.2. The van der Waals surface area contributed by atoms with Crippen LogP contribution < -0.4 is 11.1 Å². The number of phenols is 1. The van der Waals surface area contributed by atoms with E-state index in [4.69, 9.17) is 5.73 Å². The van der Waals surface area contributed by atoms with E-state index in [0.29, 0.717) is 18.9 Å². The molecule has 4 rings (SSSR count). The number of aliphatic hydroxyl groups excluding tert-OH is 1. The number of nitrogens with zero attached hydrogens (tertiary/aromatic N) is 4. The Hall–Kier alpha value is -2.68. The van der Waals surface area contributed by atoms with Crippen LogP contribution in [0.4, 0.5) is 11.5 Å². The predicted octanol–water partition coefficient (Wildman–Crippen LogP) is 1.07. The normalized spacial score (nSPS) is 21.2. The monoisotopic (exact) mass is 354 g/mol. The highest BCUT2D eigenvalue weighted by Gasteiger charge is 2.25. The second-order valence-corrected chi connectivity index (χ2v) is 6.67. The molecule has 8 nitrogen and oxygen atoms in total. The minimum atomic E-state index is -0.501. The smallest absolute Gasteiger partial charge is 0.158 e. The van der Waals surface area contributed by atoms with E-state index in [-0.39, 0.29) is 11.8 Å². The minimum Gasteiger partial charge on any atom is -0.508 e. The molecule has 2 aromatic heterocycles. The molecule has 0 bridgehead atoms. The van der Waals surface area contributed by atoms with E-state index in [2.05, 4.69) is 20.3 Å². The minimum absolute atomic E-state index is 0.150.